The van der Waals surface area contributed by atoms with Crippen LogP contribution in [0.3, 0.4) is 0 Å². The first-order chi connectivity index (χ1) is 41.0. The Morgan fingerprint density at radius 3 is 1.16 bits per heavy atom. The molecular weight excluding hydrogens is 1060 g/mol. The third-order valence-electron chi connectivity index (χ3n) is 22.5. The summed E-state index contributed by atoms with van der Waals surface area (Å²) in [7, 11) is 0. The third kappa shape index (κ3) is 9.82. The van der Waals surface area contributed by atoms with E-state index >= 15 is 0 Å². The van der Waals surface area contributed by atoms with E-state index in [9.17, 15) is 0 Å². The van der Waals surface area contributed by atoms with Crippen LogP contribution in [0.2, 0.25) is 0 Å². The van der Waals surface area contributed by atoms with Crippen molar-refractivity contribution >= 4 is 74.3 Å². The lowest BCUT2D eigenvalue weighted by Gasteiger charge is -2.49. The molecule has 8 aromatic carbocycles. The van der Waals surface area contributed by atoms with Gasteiger partial charge >= 0.3 is 0 Å². The summed E-state index contributed by atoms with van der Waals surface area (Å²) < 4.78 is 0. The molecule has 0 radical (unpaired) electrons. The quantitative estimate of drug-likeness (QED) is 0.154. The molecule has 3 aliphatic carbocycles. The molecule has 8 aromatic rings. The highest BCUT2D eigenvalue weighted by atomic mass is 15.2. The average Bonchev–Trinajstić information content (AvgIpc) is 0.686. The van der Waals surface area contributed by atoms with Gasteiger partial charge in [-0.25, -0.2) is 0 Å². The SMILES string of the molecule is CC(C)(C)c1ccc(N(c2ccc(C(C)(C)C)cc2)c2cc3c4c(c2)N(c2ccc(C(C)(C)C)cc2-c2ccccc2)c2cc5c(cc2B4c2cc4c(cc2N3c2ccc3c(c2)C(C)(C)CCC3(C)C)C(C)(C)CCC4(C)C)C(C)(C)CCC5(C)C)cc1. The molecule has 0 aromatic heterocycles. The van der Waals surface area contributed by atoms with Crippen LogP contribution in [-0.4, -0.2) is 6.71 Å². The first-order valence-corrected chi connectivity index (χ1v) is 33.5. The fourth-order valence-electron chi connectivity index (χ4n) is 16.2. The van der Waals surface area contributed by atoms with Gasteiger partial charge in [0, 0.05) is 45.4 Å². The first kappa shape index (κ1) is 60.2. The van der Waals surface area contributed by atoms with Gasteiger partial charge in [0.2, 0.25) is 0 Å². The normalized spacial score (nSPS) is 18.9. The highest BCUT2D eigenvalue weighted by Gasteiger charge is 2.50. The van der Waals surface area contributed by atoms with Gasteiger partial charge in [-0.1, -0.05) is 224 Å². The van der Waals surface area contributed by atoms with Crippen molar-refractivity contribution in [3.05, 3.63) is 202 Å². The van der Waals surface area contributed by atoms with Crippen LogP contribution < -0.4 is 31.1 Å². The van der Waals surface area contributed by atoms with Gasteiger partial charge in [0.1, 0.15) is 0 Å². The third-order valence-corrected chi connectivity index (χ3v) is 22.5. The van der Waals surface area contributed by atoms with Crippen LogP contribution >= 0.6 is 0 Å². The van der Waals surface area contributed by atoms with Crippen LogP contribution in [0.15, 0.2) is 152 Å². The summed E-state index contributed by atoms with van der Waals surface area (Å²) in [6.07, 6.45) is 6.90. The van der Waals surface area contributed by atoms with Crippen molar-refractivity contribution in [3.63, 3.8) is 0 Å². The molecule has 454 valence electrons. The van der Waals surface area contributed by atoms with E-state index in [1.807, 2.05) is 0 Å². The van der Waals surface area contributed by atoms with E-state index in [4.69, 9.17) is 0 Å². The summed E-state index contributed by atoms with van der Waals surface area (Å²) in [6, 6.07) is 61.5. The van der Waals surface area contributed by atoms with Gasteiger partial charge in [0.25, 0.3) is 6.71 Å². The Bertz CT molecular complexity index is 4030. The molecule has 0 saturated heterocycles. The largest absolute Gasteiger partial charge is 0.311 e. The highest BCUT2D eigenvalue weighted by molar-refractivity contribution is 7.00. The van der Waals surface area contributed by atoms with Gasteiger partial charge in [-0.3, -0.25) is 0 Å². The molecule has 0 bridgehead atoms. The van der Waals surface area contributed by atoms with E-state index < -0.39 is 0 Å². The topological polar surface area (TPSA) is 9.72 Å². The number of nitrogens with zero attached hydrogens (tertiary/aromatic N) is 3. The molecule has 5 aliphatic rings. The van der Waals surface area contributed by atoms with Gasteiger partial charge in [-0.15, -0.1) is 0 Å². The molecular formula is C84H100BN3. The Balaban J connectivity index is 1.23. The zero-order chi connectivity index (χ0) is 63.0. The van der Waals surface area contributed by atoms with Crippen molar-refractivity contribution in [2.75, 3.05) is 14.7 Å². The first-order valence-electron chi connectivity index (χ1n) is 33.5. The molecule has 88 heavy (non-hydrogen) atoms. The molecule has 0 saturated carbocycles. The Hall–Kier alpha value is -6.78. The maximum Gasteiger partial charge on any atom is 0.252 e. The fraction of sp³-hybridized carbons (Fsp3) is 0.429. The molecule has 0 atom stereocenters. The van der Waals surface area contributed by atoms with E-state index in [0.717, 1.165) is 49.2 Å². The molecule has 13 rings (SSSR count). The van der Waals surface area contributed by atoms with E-state index in [2.05, 4.69) is 312 Å². The van der Waals surface area contributed by atoms with E-state index in [1.54, 1.807) is 0 Å². The second-order valence-electron chi connectivity index (χ2n) is 34.7. The van der Waals surface area contributed by atoms with Crippen molar-refractivity contribution in [1.82, 2.24) is 0 Å². The van der Waals surface area contributed by atoms with Crippen molar-refractivity contribution in [2.45, 2.75) is 233 Å². The fourth-order valence-corrected chi connectivity index (χ4v) is 16.2. The van der Waals surface area contributed by atoms with E-state index in [1.165, 1.54) is 118 Å². The Labute approximate surface area is 531 Å². The molecule has 2 heterocycles. The van der Waals surface area contributed by atoms with Gasteiger partial charge < -0.3 is 14.7 Å². The van der Waals surface area contributed by atoms with Crippen LogP contribution in [0.5, 0.6) is 0 Å². The van der Waals surface area contributed by atoms with E-state index in [0.29, 0.717) is 0 Å². The van der Waals surface area contributed by atoms with Crippen LogP contribution in [0.25, 0.3) is 11.1 Å². The van der Waals surface area contributed by atoms with Crippen molar-refractivity contribution in [2.24, 2.45) is 0 Å². The molecule has 3 nitrogen and oxygen atoms in total. The van der Waals surface area contributed by atoms with Crippen LogP contribution in [0.1, 0.15) is 234 Å². The number of fused-ring (bicyclic) bond motifs is 7. The lowest BCUT2D eigenvalue weighted by atomic mass is 9.32. The summed E-state index contributed by atoms with van der Waals surface area (Å²) in [5.74, 6) is 0. The lowest BCUT2D eigenvalue weighted by molar-refractivity contribution is 0.332. The summed E-state index contributed by atoms with van der Waals surface area (Å²) in [5, 5.41) is 0. The number of hydrogen-bond acceptors (Lipinski definition) is 3. The lowest BCUT2D eigenvalue weighted by Crippen LogP contribution is -2.62. The minimum absolute atomic E-state index is 0.00284. The number of hydrogen-bond donors (Lipinski definition) is 0. The van der Waals surface area contributed by atoms with Crippen LogP contribution in [0, 0.1) is 0 Å². The molecule has 4 heteroatoms. The van der Waals surface area contributed by atoms with Crippen molar-refractivity contribution < 1.29 is 0 Å². The van der Waals surface area contributed by atoms with E-state index in [-0.39, 0.29) is 55.4 Å². The second kappa shape index (κ2) is 19.9. The monoisotopic (exact) mass is 1160 g/mol. The zero-order valence-corrected chi connectivity index (χ0v) is 57.6. The summed E-state index contributed by atoms with van der Waals surface area (Å²) in [6.45, 7) is 51.0. The standard InChI is InChI=1S/C84H100BN3/c1-76(2,3)54-27-32-57(33-28-54)86(58-34-29-55(30-35-58)77(4,5)6)60-47-73-75-74(48-60)88(70-38-31-56(78(7,8)9)45-61(70)53-25-23-22-24-26-53)72-52-67-65(82(16,17)42-44-84(67,20)21)50-69(72)85(75)68-49-64-66(83(18,19)43-41-81(64,14)15)51-71(68)87(73)59-36-37-62-63(46-59)80(12,13)40-39-79(62,10)11/h22-38,45-52H,39-44H2,1-21H3. The Kier molecular flexibility index (Phi) is 13.6. The maximum atomic E-state index is 2.77. The summed E-state index contributed by atoms with van der Waals surface area (Å²) in [5.41, 5.74) is 30.4. The predicted molar refractivity (Wildman–Crippen MR) is 383 cm³/mol. The van der Waals surface area contributed by atoms with Gasteiger partial charge in [-0.05, 0) is 232 Å². The minimum atomic E-state index is -0.0728. The second-order valence-corrected chi connectivity index (χ2v) is 34.7. The highest BCUT2D eigenvalue weighted by Crippen LogP contribution is 2.56. The van der Waals surface area contributed by atoms with Gasteiger partial charge in [0.05, 0.1) is 11.4 Å². The Morgan fingerprint density at radius 1 is 0.330 bits per heavy atom. The van der Waals surface area contributed by atoms with Crippen LogP contribution in [-0.2, 0) is 48.7 Å². The molecule has 2 aliphatic heterocycles. The van der Waals surface area contributed by atoms with Gasteiger partial charge in [0.15, 0.2) is 0 Å². The van der Waals surface area contributed by atoms with Crippen LogP contribution in [0.4, 0.5) is 51.2 Å². The number of rotatable bonds is 6. The predicted octanol–water partition coefficient (Wildman–Crippen LogP) is 21.8. The minimum Gasteiger partial charge on any atom is -0.311 e. The van der Waals surface area contributed by atoms with Crippen molar-refractivity contribution in [3.8, 4) is 11.1 Å². The number of anilines is 9. The Morgan fingerprint density at radius 2 is 0.716 bits per heavy atom. The smallest absolute Gasteiger partial charge is 0.252 e. The van der Waals surface area contributed by atoms with Gasteiger partial charge in [-0.2, -0.15) is 0 Å². The van der Waals surface area contributed by atoms with Crippen molar-refractivity contribution in [1.29, 1.82) is 0 Å². The average molecular weight is 1160 g/mol. The maximum absolute atomic E-state index is 2.77. The molecule has 0 unspecified atom stereocenters. The zero-order valence-electron chi connectivity index (χ0n) is 57.6. The molecule has 0 spiro atoms. The molecule has 0 N–H and O–H groups in total. The number of benzene rings is 8. The molecule has 0 fully saturated rings. The molecule has 0 amide bonds. The summed E-state index contributed by atoms with van der Waals surface area (Å²) >= 11 is 0. The summed E-state index contributed by atoms with van der Waals surface area (Å²) in [4.78, 5) is 8.10.